The number of aryl methyl sites for hydroxylation is 2. The second-order valence-electron chi connectivity index (χ2n) is 9.21. The van der Waals surface area contributed by atoms with Gasteiger partial charge in [-0.2, -0.15) is 4.31 Å². The van der Waals surface area contributed by atoms with Gasteiger partial charge in [0.25, 0.3) is 0 Å². The van der Waals surface area contributed by atoms with Crippen LogP contribution in [0.5, 0.6) is 0 Å². The van der Waals surface area contributed by atoms with Gasteiger partial charge >= 0.3 is 0 Å². The Morgan fingerprint density at radius 3 is 1.94 bits per heavy atom. The molecule has 0 radical (unpaired) electrons. The second kappa shape index (κ2) is 11.2. The molecular formula is C28H33N3O3S. The van der Waals surface area contributed by atoms with E-state index in [4.69, 9.17) is 0 Å². The molecular weight excluding hydrogens is 458 g/mol. The van der Waals surface area contributed by atoms with E-state index in [1.165, 1.54) is 9.87 Å². The summed E-state index contributed by atoms with van der Waals surface area (Å²) in [5.74, 6) is -0.160. The van der Waals surface area contributed by atoms with Gasteiger partial charge in [0.05, 0.1) is 11.4 Å². The molecule has 0 bridgehead atoms. The molecule has 0 N–H and O–H groups in total. The number of amides is 1. The van der Waals surface area contributed by atoms with Crippen molar-refractivity contribution in [1.29, 1.82) is 0 Å². The molecule has 1 saturated heterocycles. The predicted molar refractivity (Wildman–Crippen MR) is 138 cm³/mol. The van der Waals surface area contributed by atoms with Crippen molar-refractivity contribution < 1.29 is 13.2 Å². The molecule has 0 saturated carbocycles. The molecule has 35 heavy (non-hydrogen) atoms. The van der Waals surface area contributed by atoms with Crippen molar-refractivity contribution in [3.05, 3.63) is 101 Å². The molecule has 184 valence electrons. The van der Waals surface area contributed by atoms with Gasteiger partial charge in [-0.25, -0.2) is 8.42 Å². The fourth-order valence-electron chi connectivity index (χ4n) is 4.23. The van der Waals surface area contributed by atoms with E-state index in [2.05, 4.69) is 17.0 Å². The molecule has 3 aromatic carbocycles. The fourth-order valence-corrected chi connectivity index (χ4v) is 5.61. The molecule has 1 fully saturated rings. The van der Waals surface area contributed by atoms with Gasteiger partial charge in [-0.3, -0.25) is 9.69 Å². The Bertz CT molecular complexity index is 1220. The smallest absolute Gasteiger partial charge is 0.243 e. The van der Waals surface area contributed by atoms with Crippen molar-refractivity contribution in [2.24, 2.45) is 0 Å². The van der Waals surface area contributed by atoms with Crippen LogP contribution in [0, 0.1) is 13.8 Å². The van der Waals surface area contributed by atoms with Crippen molar-refractivity contribution in [2.75, 3.05) is 32.7 Å². The molecule has 0 aliphatic carbocycles. The van der Waals surface area contributed by atoms with E-state index in [1.54, 1.807) is 29.2 Å². The van der Waals surface area contributed by atoms with Crippen LogP contribution in [0.15, 0.2) is 83.8 Å². The van der Waals surface area contributed by atoms with Crippen LogP contribution < -0.4 is 0 Å². The van der Waals surface area contributed by atoms with E-state index in [1.807, 2.05) is 56.3 Å². The first-order chi connectivity index (χ1) is 16.8. The van der Waals surface area contributed by atoms with E-state index < -0.39 is 10.0 Å². The van der Waals surface area contributed by atoms with Crippen LogP contribution in [-0.2, 0) is 27.9 Å². The number of sulfonamides is 1. The Morgan fingerprint density at radius 2 is 1.34 bits per heavy atom. The van der Waals surface area contributed by atoms with E-state index in [9.17, 15) is 13.2 Å². The number of hydrogen-bond donors (Lipinski definition) is 0. The second-order valence-corrected chi connectivity index (χ2v) is 11.2. The highest BCUT2D eigenvalue weighted by Gasteiger charge is 2.30. The van der Waals surface area contributed by atoms with Gasteiger partial charge in [0.15, 0.2) is 0 Å². The molecule has 1 aliphatic heterocycles. The first-order valence-corrected chi connectivity index (χ1v) is 13.4. The summed E-state index contributed by atoms with van der Waals surface area (Å²) in [6.45, 7) is 7.45. The van der Waals surface area contributed by atoms with Crippen molar-refractivity contribution in [3.8, 4) is 0 Å². The largest absolute Gasteiger partial charge is 0.339 e. The quantitative estimate of drug-likeness (QED) is 0.480. The minimum absolute atomic E-state index is 0.149. The minimum Gasteiger partial charge on any atom is -0.339 e. The van der Waals surface area contributed by atoms with E-state index in [-0.39, 0.29) is 23.9 Å². The summed E-state index contributed by atoms with van der Waals surface area (Å²) < 4.78 is 28.4. The third-order valence-electron chi connectivity index (χ3n) is 6.42. The Hall–Kier alpha value is -3.00. The number of carbonyl (C=O) groups is 1. The Morgan fingerprint density at radius 1 is 0.771 bits per heavy atom. The minimum atomic E-state index is -3.84. The molecule has 0 spiro atoms. The van der Waals surface area contributed by atoms with Gasteiger partial charge in [0, 0.05) is 39.3 Å². The predicted octanol–water partition coefficient (Wildman–Crippen LogP) is 3.84. The summed E-state index contributed by atoms with van der Waals surface area (Å²) in [7, 11) is -3.84. The summed E-state index contributed by atoms with van der Waals surface area (Å²) in [5.41, 5.74) is 4.19. The highest BCUT2D eigenvalue weighted by Crippen LogP contribution is 2.20. The molecule has 0 aromatic heterocycles. The molecule has 7 heteroatoms. The summed E-state index contributed by atoms with van der Waals surface area (Å²) in [5, 5.41) is 0. The number of rotatable bonds is 8. The van der Waals surface area contributed by atoms with Gasteiger partial charge in [0.2, 0.25) is 15.9 Å². The maximum atomic E-state index is 13.5. The van der Waals surface area contributed by atoms with Crippen LogP contribution >= 0.6 is 0 Å². The summed E-state index contributed by atoms with van der Waals surface area (Å²) in [4.78, 5) is 17.6. The monoisotopic (exact) mass is 491 g/mol. The summed E-state index contributed by atoms with van der Waals surface area (Å²) in [6, 6.07) is 24.8. The first kappa shape index (κ1) is 25.1. The van der Waals surface area contributed by atoms with Gasteiger partial charge < -0.3 is 4.90 Å². The van der Waals surface area contributed by atoms with Crippen molar-refractivity contribution in [1.82, 2.24) is 14.1 Å². The number of carbonyl (C=O) groups excluding carboxylic acids is 1. The number of piperazine rings is 1. The topological polar surface area (TPSA) is 60.9 Å². The lowest BCUT2D eigenvalue weighted by Crippen LogP contribution is -2.51. The molecule has 1 amide bonds. The summed E-state index contributed by atoms with van der Waals surface area (Å²) in [6.07, 6.45) is 0. The maximum absolute atomic E-state index is 13.5. The number of benzene rings is 3. The van der Waals surface area contributed by atoms with Crippen LogP contribution in [0.2, 0.25) is 0 Å². The third-order valence-corrected chi connectivity index (χ3v) is 8.23. The summed E-state index contributed by atoms with van der Waals surface area (Å²) >= 11 is 0. The lowest BCUT2D eigenvalue weighted by Gasteiger charge is -2.35. The molecule has 4 rings (SSSR count). The zero-order valence-corrected chi connectivity index (χ0v) is 21.2. The third kappa shape index (κ3) is 6.57. The Labute approximate surface area is 208 Å². The molecule has 6 nitrogen and oxygen atoms in total. The zero-order chi connectivity index (χ0) is 24.8. The molecule has 3 aromatic rings. The molecule has 1 heterocycles. The lowest BCUT2D eigenvalue weighted by atomic mass is 10.1. The van der Waals surface area contributed by atoms with Crippen molar-refractivity contribution in [3.63, 3.8) is 0 Å². The molecule has 0 atom stereocenters. The molecule has 1 aliphatic rings. The van der Waals surface area contributed by atoms with E-state index in [0.29, 0.717) is 13.1 Å². The van der Waals surface area contributed by atoms with Gasteiger partial charge in [-0.15, -0.1) is 0 Å². The van der Waals surface area contributed by atoms with Crippen LogP contribution in [-0.4, -0.2) is 61.2 Å². The fraction of sp³-hybridized carbons (Fsp3) is 0.321. The maximum Gasteiger partial charge on any atom is 0.243 e. The Balaban J connectivity index is 1.46. The zero-order valence-electron chi connectivity index (χ0n) is 20.4. The van der Waals surface area contributed by atoms with E-state index >= 15 is 0 Å². The average Bonchev–Trinajstić information content (AvgIpc) is 2.86. The van der Waals surface area contributed by atoms with Crippen molar-refractivity contribution >= 4 is 15.9 Å². The number of hydrogen-bond acceptors (Lipinski definition) is 4. The van der Waals surface area contributed by atoms with Crippen LogP contribution in [0.25, 0.3) is 0 Å². The highest BCUT2D eigenvalue weighted by atomic mass is 32.2. The van der Waals surface area contributed by atoms with Crippen LogP contribution in [0.1, 0.15) is 22.3 Å². The Kier molecular flexibility index (Phi) is 8.00. The highest BCUT2D eigenvalue weighted by molar-refractivity contribution is 7.89. The average molecular weight is 492 g/mol. The van der Waals surface area contributed by atoms with Crippen LogP contribution in [0.4, 0.5) is 0 Å². The van der Waals surface area contributed by atoms with E-state index in [0.717, 1.165) is 36.3 Å². The molecule has 0 unspecified atom stereocenters. The lowest BCUT2D eigenvalue weighted by molar-refractivity contribution is -0.133. The van der Waals surface area contributed by atoms with Crippen molar-refractivity contribution in [2.45, 2.75) is 31.8 Å². The normalized spacial score (nSPS) is 14.9. The SMILES string of the molecule is Cc1ccc(CN(CC(=O)N2CCN(Cc3ccccc3)CC2)S(=O)(=O)c2ccc(C)cc2)cc1. The number of nitrogens with zero attached hydrogens (tertiary/aromatic N) is 3. The van der Waals surface area contributed by atoms with Crippen LogP contribution in [0.3, 0.4) is 0 Å². The van der Waals surface area contributed by atoms with Gasteiger partial charge in [-0.05, 0) is 37.1 Å². The van der Waals surface area contributed by atoms with Gasteiger partial charge in [-0.1, -0.05) is 77.9 Å². The van der Waals surface area contributed by atoms with Gasteiger partial charge in [0.1, 0.15) is 0 Å². The first-order valence-electron chi connectivity index (χ1n) is 12.0. The standard InChI is InChI=1S/C28H33N3O3S/c1-23-8-12-26(13-9-23)21-31(35(33,34)27-14-10-24(2)11-15-27)22-28(32)30-18-16-29(17-19-30)20-25-6-4-3-5-7-25/h3-15H,16-22H2,1-2H3.